The molecule has 0 radical (unpaired) electrons. The summed E-state index contributed by atoms with van der Waals surface area (Å²) in [5.41, 5.74) is 0. The Morgan fingerprint density at radius 3 is 3.12 bits per heavy atom. The van der Waals surface area contributed by atoms with E-state index < -0.39 is 0 Å². The van der Waals surface area contributed by atoms with Gasteiger partial charge in [0.2, 0.25) is 5.28 Å². The fourth-order valence-electron chi connectivity index (χ4n) is 2.46. The molecule has 0 amide bonds. The number of anilines is 1. The van der Waals surface area contributed by atoms with Crippen LogP contribution in [0.4, 0.5) is 5.82 Å². The number of rotatable bonds is 3. The minimum atomic E-state index is 0.285. The van der Waals surface area contributed by atoms with E-state index in [0.717, 1.165) is 28.7 Å². The van der Waals surface area contributed by atoms with Gasteiger partial charge in [0.1, 0.15) is 5.82 Å². The van der Waals surface area contributed by atoms with E-state index in [1.807, 2.05) is 0 Å². The molecule has 2 unspecified atom stereocenters. The molecule has 2 rings (SSSR count). The summed E-state index contributed by atoms with van der Waals surface area (Å²) >= 11 is 9.20. The Hall–Kier alpha value is -0.350. The molecule has 1 heterocycles. The first-order valence-corrected chi connectivity index (χ1v) is 7.24. The molecule has 1 aromatic heterocycles. The molecule has 0 saturated heterocycles. The zero-order valence-electron chi connectivity index (χ0n) is 9.92. The number of aromatic nitrogens is 2. The van der Waals surface area contributed by atoms with E-state index >= 15 is 0 Å². The van der Waals surface area contributed by atoms with Gasteiger partial charge in [-0.15, -0.1) is 0 Å². The quantitative estimate of drug-likeness (QED) is 0.852. The summed E-state index contributed by atoms with van der Waals surface area (Å²) in [6, 6.07) is 0. The van der Waals surface area contributed by atoms with Crippen LogP contribution in [-0.4, -0.2) is 16.5 Å². The number of hydrogen-bond donors (Lipinski definition) is 1. The molecule has 1 fully saturated rings. The maximum Gasteiger partial charge on any atom is 0.224 e. The number of nitrogens with one attached hydrogen (secondary N) is 1. The van der Waals surface area contributed by atoms with Gasteiger partial charge < -0.3 is 5.32 Å². The Kier molecular flexibility index (Phi) is 4.62. The highest BCUT2D eigenvalue weighted by Gasteiger charge is 2.18. The van der Waals surface area contributed by atoms with Crippen LogP contribution in [0.3, 0.4) is 0 Å². The van der Waals surface area contributed by atoms with E-state index in [9.17, 15) is 0 Å². The Labute approximate surface area is 116 Å². The Morgan fingerprint density at radius 1 is 1.53 bits per heavy atom. The van der Waals surface area contributed by atoms with Gasteiger partial charge in [0, 0.05) is 12.7 Å². The molecule has 5 heteroatoms. The van der Waals surface area contributed by atoms with Crippen LogP contribution in [-0.2, 0) is 0 Å². The lowest BCUT2D eigenvalue weighted by Crippen LogP contribution is -2.21. The van der Waals surface area contributed by atoms with Crippen molar-refractivity contribution in [2.45, 2.75) is 32.6 Å². The maximum atomic E-state index is 5.78. The van der Waals surface area contributed by atoms with Crippen LogP contribution >= 0.6 is 27.5 Å². The highest BCUT2D eigenvalue weighted by Crippen LogP contribution is 2.29. The molecule has 1 saturated carbocycles. The first-order valence-electron chi connectivity index (χ1n) is 6.07. The molecule has 1 aliphatic rings. The van der Waals surface area contributed by atoms with Gasteiger partial charge in [0.25, 0.3) is 0 Å². The molecule has 0 bridgehead atoms. The van der Waals surface area contributed by atoms with Crippen LogP contribution in [0.25, 0.3) is 0 Å². The normalized spacial score (nSPS) is 24.6. The van der Waals surface area contributed by atoms with Gasteiger partial charge in [-0.05, 0) is 52.2 Å². The minimum absolute atomic E-state index is 0.285. The van der Waals surface area contributed by atoms with Gasteiger partial charge >= 0.3 is 0 Å². The minimum Gasteiger partial charge on any atom is -0.369 e. The third-order valence-electron chi connectivity index (χ3n) is 3.32. The zero-order chi connectivity index (χ0) is 12.3. The van der Waals surface area contributed by atoms with Crippen molar-refractivity contribution in [3.05, 3.63) is 16.0 Å². The van der Waals surface area contributed by atoms with Crippen LogP contribution in [0.1, 0.15) is 32.6 Å². The van der Waals surface area contributed by atoms with Crippen molar-refractivity contribution in [1.82, 2.24) is 9.97 Å². The lowest BCUT2D eigenvalue weighted by Gasteiger charge is -2.27. The Bertz CT molecular complexity index is 386. The summed E-state index contributed by atoms with van der Waals surface area (Å²) in [7, 11) is 0. The van der Waals surface area contributed by atoms with Crippen LogP contribution in [0.5, 0.6) is 0 Å². The Balaban J connectivity index is 1.90. The SMILES string of the molecule is CC1CCCC(CNc2nc(Cl)ncc2Br)C1. The predicted octanol–water partition coefficient (Wildman–Crippen LogP) is 4.13. The largest absolute Gasteiger partial charge is 0.369 e. The molecule has 3 nitrogen and oxygen atoms in total. The highest BCUT2D eigenvalue weighted by atomic mass is 79.9. The van der Waals surface area contributed by atoms with Gasteiger partial charge in [-0.3, -0.25) is 0 Å². The number of halogens is 2. The lowest BCUT2D eigenvalue weighted by atomic mass is 9.82. The summed E-state index contributed by atoms with van der Waals surface area (Å²) in [5.74, 6) is 2.40. The van der Waals surface area contributed by atoms with E-state index in [1.165, 1.54) is 25.7 Å². The zero-order valence-corrected chi connectivity index (χ0v) is 12.3. The van der Waals surface area contributed by atoms with Gasteiger partial charge in [0.05, 0.1) is 4.47 Å². The molecule has 0 aliphatic heterocycles. The van der Waals surface area contributed by atoms with Gasteiger partial charge in [-0.2, -0.15) is 4.98 Å². The molecule has 2 atom stereocenters. The van der Waals surface area contributed by atoms with E-state index in [2.05, 4.69) is 38.1 Å². The van der Waals surface area contributed by atoms with E-state index in [1.54, 1.807) is 6.20 Å². The first kappa shape index (κ1) is 13.1. The topological polar surface area (TPSA) is 37.8 Å². The average molecular weight is 319 g/mol. The van der Waals surface area contributed by atoms with Gasteiger partial charge in [0.15, 0.2) is 0 Å². The monoisotopic (exact) mass is 317 g/mol. The summed E-state index contributed by atoms with van der Waals surface area (Å²) < 4.78 is 0.866. The molecule has 1 aromatic rings. The van der Waals surface area contributed by atoms with Crippen molar-refractivity contribution < 1.29 is 0 Å². The second kappa shape index (κ2) is 6.01. The fourth-order valence-corrected chi connectivity index (χ4v) is 2.92. The molecule has 1 N–H and O–H groups in total. The van der Waals surface area contributed by atoms with Crippen molar-refractivity contribution in [1.29, 1.82) is 0 Å². The molecule has 94 valence electrons. The van der Waals surface area contributed by atoms with Crippen LogP contribution in [0, 0.1) is 11.8 Å². The average Bonchev–Trinajstić information content (AvgIpc) is 2.30. The van der Waals surface area contributed by atoms with Gasteiger partial charge in [-0.1, -0.05) is 19.8 Å². The van der Waals surface area contributed by atoms with Gasteiger partial charge in [-0.25, -0.2) is 4.98 Å². The molecular formula is C12H17BrClN3. The fraction of sp³-hybridized carbons (Fsp3) is 0.667. The Morgan fingerprint density at radius 2 is 2.35 bits per heavy atom. The third kappa shape index (κ3) is 3.81. The van der Waals surface area contributed by atoms with Crippen molar-refractivity contribution in [2.75, 3.05) is 11.9 Å². The molecule has 1 aliphatic carbocycles. The molecule has 0 aromatic carbocycles. The van der Waals surface area contributed by atoms with Crippen LogP contribution in [0.15, 0.2) is 10.7 Å². The molecule has 0 spiro atoms. The molecule has 17 heavy (non-hydrogen) atoms. The van der Waals surface area contributed by atoms with Crippen LogP contribution in [0.2, 0.25) is 5.28 Å². The highest BCUT2D eigenvalue weighted by molar-refractivity contribution is 9.10. The summed E-state index contributed by atoms with van der Waals surface area (Å²) in [6.07, 6.45) is 7.02. The predicted molar refractivity (Wildman–Crippen MR) is 74.4 cm³/mol. The summed E-state index contributed by atoms with van der Waals surface area (Å²) in [5, 5.41) is 3.65. The van der Waals surface area contributed by atoms with Crippen LogP contribution < -0.4 is 5.32 Å². The molecular weight excluding hydrogens is 302 g/mol. The van der Waals surface area contributed by atoms with Crippen molar-refractivity contribution in [3.8, 4) is 0 Å². The number of nitrogens with zero attached hydrogens (tertiary/aromatic N) is 2. The second-order valence-electron chi connectivity index (χ2n) is 4.85. The lowest BCUT2D eigenvalue weighted by molar-refractivity contribution is 0.293. The van der Waals surface area contributed by atoms with Crippen molar-refractivity contribution in [2.24, 2.45) is 11.8 Å². The second-order valence-corrected chi connectivity index (χ2v) is 6.05. The standard InChI is InChI=1S/C12H17BrClN3/c1-8-3-2-4-9(5-8)6-15-11-10(13)7-16-12(14)17-11/h7-9H,2-6H2,1H3,(H,15,16,17). The van der Waals surface area contributed by atoms with E-state index in [4.69, 9.17) is 11.6 Å². The summed E-state index contributed by atoms with van der Waals surface area (Å²) in [6.45, 7) is 3.31. The maximum absolute atomic E-state index is 5.78. The van der Waals surface area contributed by atoms with E-state index in [-0.39, 0.29) is 5.28 Å². The smallest absolute Gasteiger partial charge is 0.224 e. The number of hydrogen-bond acceptors (Lipinski definition) is 3. The van der Waals surface area contributed by atoms with E-state index in [0.29, 0.717) is 0 Å². The summed E-state index contributed by atoms with van der Waals surface area (Å²) in [4.78, 5) is 8.09. The first-order chi connectivity index (χ1) is 8.15. The third-order valence-corrected chi connectivity index (χ3v) is 4.08. The van der Waals surface area contributed by atoms with Crippen molar-refractivity contribution >= 4 is 33.3 Å². The van der Waals surface area contributed by atoms with Crippen molar-refractivity contribution in [3.63, 3.8) is 0 Å².